The number of carbonyl (C=O) groups is 1. The van der Waals surface area contributed by atoms with Crippen molar-refractivity contribution in [1.82, 2.24) is 0 Å². The number of nitrogens with one attached hydrogen (secondary N) is 2. The van der Waals surface area contributed by atoms with E-state index in [-0.39, 0.29) is 11.9 Å². The molecule has 0 fully saturated rings. The predicted octanol–water partition coefficient (Wildman–Crippen LogP) is 4.43. The van der Waals surface area contributed by atoms with Gasteiger partial charge in [0.05, 0.1) is 11.5 Å². The van der Waals surface area contributed by atoms with E-state index in [9.17, 15) is 4.79 Å². The number of rotatable bonds is 2. The summed E-state index contributed by atoms with van der Waals surface area (Å²) in [6.07, 6.45) is 0. The normalized spacial score (nSPS) is 19.3. The van der Waals surface area contributed by atoms with Gasteiger partial charge in [-0.3, -0.25) is 4.79 Å². The SMILES string of the molecule is Cc1cc2c(cc1C)C(Nc1ccccc1)C(C)(C)C(=O)N2. The van der Waals surface area contributed by atoms with Gasteiger partial charge in [-0.15, -0.1) is 0 Å². The van der Waals surface area contributed by atoms with Crippen LogP contribution in [0.1, 0.15) is 36.6 Å². The van der Waals surface area contributed by atoms with Crippen molar-refractivity contribution in [3.63, 3.8) is 0 Å². The Bertz CT molecular complexity index is 720. The molecule has 0 radical (unpaired) electrons. The topological polar surface area (TPSA) is 41.1 Å². The quantitative estimate of drug-likeness (QED) is 0.860. The van der Waals surface area contributed by atoms with Crippen LogP contribution in [-0.2, 0) is 4.79 Å². The molecule has 0 bridgehead atoms. The van der Waals surface area contributed by atoms with Gasteiger partial charge < -0.3 is 10.6 Å². The summed E-state index contributed by atoms with van der Waals surface area (Å²) in [7, 11) is 0. The summed E-state index contributed by atoms with van der Waals surface area (Å²) in [4.78, 5) is 12.5. The second-order valence-corrected chi connectivity index (χ2v) is 6.64. The lowest BCUT2D eigenvalue weighted by atomic mass is 9.75. The highest BCUT2D eigenvalue weighted by atomic mass is 16.2. The third-order valence-electron chi connectivity index (χ3n) is 4.62. The molecule has 2 aromatic rings. The first-order chi connectivity index (χ1) is 10.4. The molecule has 0 saturated carbocycles. The molecular weight excluding hydrogens is 272 g/mol. The zero-order chi connectivity index (χ0) is 15.9. The zero-order valence-corrected chi connectivity index (χ0v) is 13.5. The molecule has 1 heterocycles. The minimum Gasteiger partial charge on any atom is -0.377 e. The maximum Gasteiger partial charge on any atom is 0.232 e. The second kappa shape index (κ2) is 5.16. The molecule has 0 saturated heterocycles. The Morgan fingerprint density at radius 3 is 2.36 bits per heavy atom. The van der Waals surface area contributed by atoms with Crippen LogP contribution in [0.5, 0.6) is 0 Å². The van der Waals surface area contributed by atoms with E-state index in [1.54, 1.807) is 0 Å². The van der Waals surface area contributed by atoms with Gasteiger partial charge in [-0.1, -0.05) is 24.3 Å². The highest BCUT2D eigenvalue weighted by molar-refractivity contribution is 5.99. The summed E-state index contributed by atoms with van der Waals surface area (Å²) in [5, 5.41) is 6.60. The summed E-state index contributed by atoms with van der Waals surface area (Å²) in [6, 6.07) is 14.2. The maximum absolute atomic E-state index is 12.5. The number of carbonyl (C=O) groups excluding carboxylic acids is 1. The average Bonchev–Trinajstić information content (AvgIpc) is 2.48. The van der Waals surface area contributed by atoms with Crippen LogP contribution in [-0.4, -0.2) is 5.91 Å². The maximum atomic E-state index is 12.5. The highest BCUT2D eigenvalue weighted by Gasteiger charge is 2.43. The van der Waals surface area contributed by atoms with Crippen LogP contribution in [0.4, 0.5) is 11.4 Å². The van der Waals surface area contributed by atoms with Crippen LogP contribution in [0, 0.1) is 19.3 Å². The van der Waals surface area contributed by atoms with Crippen molar-refractivity contribution in [2.24, 2.45) is 5.41 Å². The first-order valence-electron chi connectivity index (χ1n) is 7.64. The number of hydrogen-bond acceptors (Lipinski definition) is 2. The molecule has 2 aromatic carbocycles. The van der Waals surface area contributed by atoms with Crippen LogP contribution >= 0.6 is 0 Å². The van der Waals surface area contributed by atoms with E-state index in [1.807, 2.05) is 44.2 Å². The summed E-state index contributed by atoms with van der Waals surface area (Å²) in [5.74, 6) is 0.0525. The smallest absolute Gasteiger partial charge is 0.232 e. The number of fused-ring (bicyclic) bond motifs is 1. The van der Waals surface area contributed by atoms with E-state index in [2.05, 4.69) is 36.6 Å². The van der Waals surface area contributed by atoms with Gasteiger partial charge in [-0.2, -0.15) is 0 Å². The molecule has 2 N–H and O–H groups in total. The zero-order valence-electron chi connectivity index (χ0n) is 13.5. The number of aryl methyl sites for hydroxylation is 2. The molecule has 1 atom stereocenters. The summed E-state index contributed by atoms with van der Waals surface area (Å²) >= 11 is 0. The van der Waals surface area contributed by atoms with Gasteiger partial charge in [0.1, 0.15) is 0 Å². The summed E-state index contributed by atoms with van der Waals surface area (Å²) < 4.78 is 0. The predicted molar refractivity (Wildman–Crippen MR) is 91.1 cm³/mol. The van der Waals surface area contributed by atoms with Crippen LogP contribution in [0.2, 0.25) is 0 Å². The monoisotopic (exact) mass is 294 g/mol. The molecule has 0 aromatic heterocycles. The minimum absolute atomic E-state index is 0.0525. The van der Waals surface area contributed by atoms with Crippen molar-refractivity contribution in [1.29, 1.82) is 0 Å². The van der Waals surface area contributed by atoms with Crippen LogP contribution < -0.4 is 10.6 Å². The van der Waals surface area contributed by atoms with Crippen molar-refractivity contribution < 1.29 is 4.79 Å². The number of amides is 1. The second-order valence-electron chi connectivity index (χ2n) is 6.64. The highest BCUT2D eigenvalue weighted by Crippen LogP contribution is 2.44. The van der Waals surface area contributed by atoms with Gasteiger partial charge in [0.2, 0.25) is 5.91 Å². The largest absolute Gasteiger partial charge is 0.377 e. The van der Waals surface area contributed by atoms with Crippen molar-refractivity contribution in [2.45, 2.75) is 33.7 Å². The van der Waals surface area contributed by atoms with E-state index < -0.39 is 5.41 Å². The van der Waals surface area contributed by atoms with Crippen LogP contribution in [0.15, 0.2) is 42.5 Å². The Morgan fingerprint density at radius 1 is 1.05 bits per heavy atom. The average molecular weight is 294 g/mol. The Morgan fingerprint density at radius 2 is 1.68 bits per heavy atom. The van der Waals surface area contributed by atoms with Gasteiger partial charge in [0, 0.05) is 11.4 Å². The van der Waals surface area contributed by atoms with E-state index in [0.717, 1.165) is 16.9 Å². The minimum atomic E-state index is -0.523. The Labute approximate surface area is 131 Å². The Kier molecular flexibility index (Phi) is 3.44. The third-order valence-corrected chi connectivity index (χ3v) is 4.62. The molecular formula is C19H22N2O. The van der Waals surface area contributed by atoms with E-state index in [4.69, 9.17) is 0 Å². The lowest BCUT2D eigenvalue weighted by Crippen LogP contribution is -2.43. The lowest BCUT2D eigenvalue weighted by molar-refractivity contribution is -0.125. The van der Waals surface area contributed by atoms with Crippen molar-refractivity contribution in [2.75, 3.05) is 10.6 Å². The molecule has 3 heteroatoms. The van der Waals surface area contributed by atoms with Gasteiger partial charge in [0.25, 0.3) is 0 Å². The van der Waals surface area contributed by atoms with Crippen LogP contribution in [0.25, 0.3) is 0 Å². The lowest BCUT2D eigenvalue weighted by Gasteiger charge is -2.40. The van der Waals surface area contributed by atoms with Crippen molar-refractivity contribution >= 4 is 17.3 Å². The van der Waals surface area contributed by atoms with Crippen molar-refractivity contribution in [3.8, 4) is 0 Å². The van der Waals surface area contributed by atoms with Gasteiger partial charge >= 0.3 is 0 Å². The van der Waals surface area contributed by atoms with E-state index in [1.165, 1.54) is 11.1 Å². The first kappa shape index (κ1) is 14.6. The molecule has 3 nitrogen and oxygen atoms in total. The fourth-order valence-electron chi connectivity index (χ4n) is 2.95. The number of para-hydroxylation sites is 1. The Hall–Kier alpha value is -2.29. The van der Waals surface area contributed by atoms with Crippen molar-refractivity contribution in [3.05, 3.63) is 59.2 Å². The molecule has 3 rings (SSSR count). The molecule has 22 heavy (non-hydrogen) atoms. The van der Waals surface area contributed by atoms with E-state index in [0.29, 0.717) is 0 Å². The number of hydrogen-bond donors (Lipinski definition) is 2. The fraction of sp³-hybridized carbons (Fsp3) is 0.316. The molecule has 114 valence electrons. The Balaban J connectivity index is 2.10. The molecule has 0 aliphatic carbocycles. The number of anilines is 2. The summed E-state index contributed by atoms with van der Waals surface area (Å²) in [5.41, 5.74) is 5.00. The van der Waals surface area contributed by atoms with Gasteiger partial charge in [0.15, 0.2) is 0 Å². The van der Waals surface area contributed by atoms with E-state index >= 15 is 0 Å². The third kappa shape index (κ3) is 2.37. The molecule has 1 amide bonds. The standard InChI is InChI=1S/C19H22N2O/c1-12-10-15-16(11-13(12)2)21-18(22)19(3,4)17(15)20-14-8-6-5-7-9-14/h5-11,17,20H,1-4H3,(H,21,22). The summed E-state index contributed by atoms with van der Waals surface area (Å²) in [6.45, 7) is 8.15. The molecule has 0 spiro atoms. The molecule has 1 unspecified atom stereocenters. The van der Waals surface area contributed by atoms with Gasteiger partial charge in [-0.25, -0.2) is 0 Å². The first-order valence-corrected chi connectivity index (χ1v) is 7.64. The van der Waals surface area contributed by atoms with Gasteiger partial charge in [-0.05, 0) is 62.6 Å². The molecule has 1 aliphatic heterocycles. The fourth-order valence-corrected chi connectivity index (χ4v) is 2.95. The molecule has 1 aliphatic rings. The van der Waals surface area contributed by atoms with Crippen LogP contribution in [0.3, 0.4) is 0 Å². The number of benzene rings is 2.